The van der Waals surface area contributed by atoms with E-state index in [2.05, 4.69) is 5.32 Å². The molecule has 1 heterocycles. The van der Waals surface area contributed by atoms with Crippen LogP contribution in [0.15, 0.2) is 24.3 Å². The quantitative estimate of drug-likeness (QED) is 0.545. The fourth-order valence-corrected chi connectivity index (χ4v) is 5.14. The number of alkyl halides is 3. The minimum Gasteiger partial charge on any atom is -0.456 e. The summed E-state index contributed by atoms with van der Waals surface area (Å²) >= 11 is 0. The number of anilines is 1. The predicted octanol–water partition coefficient (Wildman–Crippen LogP) is 2.61. The summed E-state index contributed by atoms with van der Waals surface area (Å²) in [6.07, 6.45) is -2.11. The third-order valence-corrected chi connectivity index (χ3v) is 6.43. The van der Waals surface area contributed by atoms with E-state index < -0.39 is 35.9 Å². The number of amides is 3. The molecule has 1 aliphatic heterocycles. The lowest BCUT2D eigenvalue weighted by Crippen LogP contribution is -2.35. The second kappa shape index (κ2) is 7.97. The van der Waals surface area contributed by atoms with Crippen LogP contribution in [0.5, 0.6) is 0 Å². The van der Waals surface area contributed by atoms with Gasteiger partial charge in [-0.05, 0) is 43.2 Å². The van der Waals surface area contributed by atoms with E-state index in [9.17, 15) is 32.3 Å². The molecule has 4 atom stereocenters. The van der Waals surface area contributed by atoms with Crippen molar-refractivity contribution in [1.29, 1.82) is 0 Å². The van der Waals surface area contributed by atoms with Gasteiger partial charge < -0.3 is 10.1 Å². The van der Waals surface area contributed by atoms with Crippen LogP contribution in [0.1, 0.15) is 31.2 Å². The molecule has 3 aliphatic rings. The van der Waals surface area contributed by atoms with Gasteiger partial charge in [0.25, 0.3) is 5.91 Å². The van der Waals surface area contributed by atoms with E-state index in [1.54, 1.807) is 0 Å². The lowest BCUT2D eigenvalue weighted by molar-refractivity contribution is -0.149. The lowest BCUT2D eigenvalue weighted by atomic mass is 9.81. The maximum absolute atomic E-state index is 13.0. The number of carbonyl (C=O) groups excluding carboxylic acids is 4. The van der Waals surface area contributed by atoms with Gasteiger partial charge in [-0.3, -0.25) is 24.1 Å². The minimum atomic E-state index is -4.65. The fourth-order valence-electron chi connectivity index (χ4n) is 5.14. The topological polar surface area (TPSA) is 92.8 Å². The van der Waals surface area contributed by atoms with Crippen molar-refractivity contribution in [2.45, 2.75) is 31.9 Å². The second-order valence-electron chi connectivity index (χ2n) is 8.22. The standard InChI is InChI=1S/C21H21F3N2O5/c22-21(23,24)13-3-1-2-4-14(13)25-15(27)10-31-16(28)7-8-26-19(29)17-11-5-6-12(9-11)18(17)20(26)30/h1-4,11-12,17-18H,5-10H2,(H,25,27)/t11-,12-,17-,18+/m0/s1. The Morgan fingerprint density at radius 3 is 2.29 bits per heavy atom. The van der Waals surface area contributed by atoms with Gasteiger partial charge in [-0.25, -0.2) is 0 Å². The molecule has 2 aliphatic carbocycles. The zero-order chi connectivity index (χ0) is 22.3. The van der Waals surface area contributed by atoms with E-state index >= 15 is 0 Å². The summed E-state index contributed by atoms with van der Waals surface area (Å²) in [6.45, 7) is -0.899. The fraction of sp³-hybridized carbons (Fsp3) is 0.524. The highest BCUT2D eigenvalue weighted by molar-refractivity contribution is 6.06. The molecule has 10 heteroatoms. The number of likely N-dealkylation sites (tertiary alicyclic amines) is 1. The number of benzene rings is 1. The number of imide groups is 1. The molecule has 1 aromatic carbocycles. The van der Waals surface area contributed by atoms with Crippen LogP contribution in [0.3, 0.4) is 0 Å². The van der Waals surface area contributed by atoms with Crippen LogP contribution in [-0.4, -0.2) is 41.7 Å². The molecule has 0 aromatic heterocycles. The zero-order valence-corrected chi connectivity index (χ0v) is 16.5. The highest BCUT2D eigenvalue weighted by Crippen LogP contribution is 2.56. The molecule has 4 rings (SSSR count). The van der Waals surface area contributed by atoms with Gasteiger partial charge in [-0.15, -0.1) is 0 Å². The number of nitrogens with one attached hydrogen (secondary N) is 1. The summed E-state index contributed by atoms with van der Waals surface area (Å²) in [5.74, 6) is -2.29. The molecule has 166 valence electrons. The summed E-state index contributed by atoms with van der Waals surface area (Å²) in [6, 6.07) is 4.45. The van der Waals surface area contributed by atoms with Crippen LogP contribution in [0.2, 0.25) is 0 Å². The number of hydrogen-bond acceptors (Lipinski definition) is 5. The number of ether oxygens (including phenoxy) is 1. The summed E-state index contributed by atoms with van der Waals surface area (Å²) in [5, 5.41) is 2.07. The normalized spacial score (nSPS) is 26.9. The molecular weight excluding hydrogens is 417 g/mol. The molecule has 2 saturated carbocycles. The molecule has 1 N–H and O–H groups in total. The number of hydrogen-bond donors (Lipinski definition) is 1. The Labute approximate surface area is 175 Å². The van der Waals surface area contributed by atoms with Crippen molar-refractivity contribution < 1.29 is 37.1 Å². The predicted molar refractivity (Wildman–Crippen MR) is 100 cm³/mol. The molecule has 31 heavy (non-hydrogen) atoms. The van der Waals surface area contributed by atoms with Crippen LogP contribution in [0.4, 0.5) is 18.9 Å². The van der Waals surface area contributed by atoms with Crippen molar-refractivity contribution >= 4 is 29.4 Å². The number of rotatable bonds is 6. The monoisotopic (exact) mass is 438 g/mol. The Kier molecular flexibility index (Phi) is 5.49. The first-order valence-electron chi connectivity index (χ1n) is 10.1. The van der Waals surface area contributed by atoms with Crippen LogP contribution in [-0.2, 0) is 30.1 Å². The number of para-hydroxylation sites is 1. The van der Waals surface area contributed by atoms with Crippen molar-refractivity contribution in [2.75, 3.05) is 18.5 Å². The minimum absolute atomic E-state index is 0.124. The number of halogens is 3. The molecule has 0 radical (unpaired) electrons. The lowest BCUT2D eigenvalue weighted by Gasteiger charge is -2.19. The van der Waals surface area contributed by atoms with E-state index in [4.69, 9.17) is 4.74 Å². The molecule has 1 saturated heterocycles. The van der Waals surface area contributed by atoms with E-state index in [0.717, 1.165) is 36.3 Å². The average Bonchev–Trinajstić information content (AvgIpc) is 3.39. The van der Waals surface area contributed by atoms with E-state index in [0.29, 0.717) is 0 Å². The van der Waals surface area contributed by atoms with E-state index in [-0.39, 0.29) is 48.5 Å². The third-order valence-electron chi connectivity index (χ3n) is 6.43. The summed E-state index contributed by atoms with van der Waals surface area (Å²) in [4.78, 5) is 50.1. The van der Waals surface area contributed by atoms with E-state index in [1.807, 2.05) is 0 Å². The van der Waals surface area contributed by atoms with Crippen molar-refractivity contribution in [2.24, 2.45) is 23.7 Å². The van der Waals surface area contributed by atoms with Crippen molar-refractivity contribution in [1.82, 2.24) is 4.90 Å². The van der Waals surface area contributed by atoms with Gasteiger partial charge in [0, 0.05) is 6.54 Å². The Morgan fingerprint density at radius 2 is 1.68 bits per heavy atom. The Morgan fingerprint density at radius 1 is 1.06 bits per heavy atom. The number of esters is 1. The highest BCUT2D eigenvalue weighted by atomic mass is 19.4. The zero-order valence-electron chi connectivity index (χ0n) is 16.5. The molecule has 0 unspecified atom stereocenters. The SMILES string of the molecule is O=C(COC(=O)CCN1C(=O)[C@@H]2[C@H]3CC[C@@H](C3)[C@@H]2C1=O)Nc1ccccc1C(F)(F)F. The first-order valence-corrected chi connectivity index (χ1v) is 10.1. The van der Waals surface area contributed by atoms with Crippen molar-refractivity contribution in [3.63, 3.8) is 0 Å². The molecule has 7 nitrogen and oxygen atoms in total. The summed E-state index contributed by atoms with van der Waals surface area (Å²) in [5.41, 5.74) is -1.45. The molecule has 1 aromatic rings. The maximum atomic E-state index is 13.0. The van der Waals surface area contributed by atoms with Gasteiger partial charge in [0.2, 0.25) is 11.8 Å². The highest BCUT2D eigenvalue weighted by Gasteiger charge is 2.60. The van der Waals surface area contributed by atoms with Gasteiger partial charge in [0.1, 0.15) is 0 Å². The molecule has 3 fully saturated rings. The Balaban J connectivity index is 1.26. The number of carbonyl (C=O) groups is 4. The Bertz CT molecular complexity index is 904. The summed E-state index contributed by atoms with van der Waals surface area (Å²) in [7, 11) is 0. The van der Waals surface area contributed by atoms with Crippen LogP contribution in [0.25, 0.3) is 0 Å². The number of fused-ring (bicyclic) bond motifs is 5. The largest absolute Gasteiger partial charge is 0.456 e. The molecule has 2 bridgehead atoms. The van der Waals surface area contributed by atoms with Gasteiger partial charge in [0.05, 0.1) is 29.5 Å². The maximum Gasteiger partial charge on any atom is 0.418 e. The molecule has 3 amide bonds. The summed E-state index contributed by atoms with van der Waals surface area (Å²) < 4.78 is 43.7. The first kappa shape index (κ1) is 21.3. The average molecular weight is 438 g/mol. The smallest absolute Gasteiger partial charge is 0.418 e. The number of nitrogens with zero attached hydrogens (tertiary/aromatic N) is 1. The van der Waals surface area contributed by atoms with Crippen LogP contribution < -0.4 is 5.32 Å². The van der Waals surface area contributed by atoms with Gasteiger partial charge in [-0.1, -0.05) is 12.1 Å². The van der Waals surface area contributed by atoms with Gasteiger partial charge in [0.15, 0.2) is 6.61 Å². The van der Waals surface area contributed by atoms with Gasteiger partial charge in [-0.2, -0.15) is 13.2 Å². The van der Waals surface area contributed by atoms with Crippen LogP contribution in [0, 0.1) is 23.7 Å². The molecule has 0 spiro atoms. The molecular formula is C21H21F3N2O5. The van der Waals surface area contributed by atoms with Crippen molar-refractivity contribution in [3.8, 4) is 0 Å². The third kappa shape index (κ3) is 4.03. The van der Waals surface area contributed by atoms with Crippen LogP contribution >= 0.6 is 0 Å². The first-order chi connectivity index (χ1) is 14.7. The van der Waals surface area contributed by atoms with E-state index in [1.165, 1.54) is 12.1 Å². The second-order valence-corrected chi connectivity index (χ2v) is 8.22. The van der Waals surface area contributed by atoms with Crippen molar-refractivity contribution in [3.05, 3.63) is 29.8 Å². The Hall–Kier alpha value is -2.91. The van der Waals surface area contributed by atoms with Gasteiger partial charge >= 0.3 is 12.1 Å².